The minimum absolute atomic E-state index is 0.0341. The van der Waals surface area contributed by atoms with Gasteiger partial charge in [0.25, 0.3) is 5.56 Å². The molecule has 0 atom stereocenters. The normalized spacial score (nSPS) is 10.8. The molecule has 2 N–H and O–H groups in total. The van der Waals surface area contributed by atoms with Crippen LogP contribution in [0.3, 0.4) is 0 Å². The second-order valence-electron chi connectivity index (χ2n) is 5.76. The molecule has 0 unspecified atom stereocenters. The number of nitrogens with one attached hydrogen (secondary N) is 2. The minimum Gasteiger partial charge on any atom is -0.323 e. The lowest BCUT2D eigenvalue weighted by Crippen LogP contribution is -2.21. The zero-order valence-corrected chi connectivity index (χ0v) is 13.7. The number of para-hydroxylation sites is 1. The number of aromatic nitrogens is 4. The van der Waals surface area contributed by atoms with Crippen LogP contribution in [0, 0.1) is 0 Å². The molecule has 1 amide bonds. The number of carbonyl (C=O) groups is 1. The Kier molecular flexibility index (Phi) is 4.03. The Bertz CT molecular complexity index is 1130. The van der Waals surface area contributed by atoms with Crippen molar-refractivity contribution in [3.63, 3.8) is 0 Å². The topological polar surface area (TPSA) is 92.7 Å². The molecule has 1 aromatic carbocycles. The van der Waals surface area contributed by atoms with E-state index in [9.17, 15) is 9.59 Å². The predicted octanol–water partition coefficient (Wildman–Crippen LogP) is 2.29. The van der Waals surface area contributed by atoms with Crippen molar-refractivity contribution in [1.29, 1.82) is 0 Å². The summed E-state index contributed by atoms with van der Waals surface area (Å²) in [6.45, 7) is 0. The second-order valence-corrected chi connectivity index (χ2v) is 5.76. The number of aromatic amines is 1. The van der Waals surface area contributed by atoms with Gasteiger partial charge in [0.15, 0.2) is 5.82 Å². The molecular weight excluding hydrogens is 330 g/mol. The van der Waals surface area contributed by atoms with Gasteiger partial charge in [-0.3, -0.25) is 9.59 Å². The van der Waals surface area contributed by atoms with Crippen molar-refractivity contribution in [1.82, 2.24) is 19.7 Å². The van der Waals surface area contributed by atoms with Crippen LogP contribution in [-0.2, 0) is 11.2 Å². The molecule has 26 heavy (non-hydrogen) atoms. The maximum Gasteiger partial charge on any atom is 0.252 e. The molecule has 4 rings (SSSR count). The van der Waals surface area contributed by atoms with E-state index in [1.54, 1.807) is 47.5 Å². The highest BCUT2D eigenvalue weighted by atomic mass is 16.2. The van der Waals surface area contributed by atoms with Crippen LogP contribution in [0.15, 0.2) is 71.9 Å². The summed E-state index contributed by atoms with van der Waals surface area (Å²) in [6.07, 6.45) is 4.97. The predicted molar refractivity (Wildman–Crippen MR) is 98.3 cm³/mol. The summed E-state index contributed by atoms with van der Waals surface area (Å²) in [5.74, 6) is 0.213. The number of anilines is 1. The minimum atomic E-state index is -0.299. The molecular formula is C19H15N5O2. The molecule has 3 heterocycles. The van der Waals surface area contributed by atoms with Gasteiger partial charge < -0.3 is 10.3 Å². The highest BCUT2D eigenvalue weighted by Crippen LogP contribution is 2.17. The first kappa shape index (κ1) is 15.8. The molecule has 3 aromatic heterocycles. The van der Waals surface area contributed by atoms with Gasteiger partial charge in [0.2, 0.25) is 5.91 Å². The molecule has 7 nitrogen and oxygen atoms in total. The van der Waals surface area contributed by atoms with Gasteiger partial charge in [0.05, 0.1) is 12.1 Å². The fraction of sp³-hybridized carbons (Fsp3) is 0.0526. The maximum atomic E-state index is 12.5. The van der Waals surface area contributed by atoms with Crippen LogP contribution in [0.25, 0.3) is 16.7 Å². The second kappa shape index (κ2) is 6.64. The summed E-state index contributed by atoms with van der Waals surface area (Å²) in [7, 11) is 0. The van der Waals surface area contributed by atoms with E-state index in [1.807, 2.05) is 24.3 Å². The van der Waals surface area contributed by atoms with Crippen molar-refractivity contribution in [3.05, 3.63) is 83.0 Å². The molecule has 7 heteroatoms. The van der Waals surface area contributed by atoms with E-state index in [0.717, 1.165) is 10.9 Å². The summed E-state index contributed by atoms with van der Waals surface area (Å²) in [6, 6.07) is 14.4. The van der Waals surface area contributed by atoms with E-state index < -0.39 is 0 Å². The van der Waals surface area contributed by atoms with Crippen LogP contribution in [-0.4, -0.2) is 25.7 Å². The summed E-state index contributed by atoms with van der Waals surface area (Å²) >= 11 is 0. The molecule has 0 saturated carbocycles. The van der Waals surface area contributed by atoms with E-state index >= 15 is 0 Å². The van der Waals surface area contributed by atoms with Crippen LogP contribution in [0.4, 0.5) is 5.69 Å². The Morgan fingerprint density at radius 1 is 1.12 bits per heavy atom. The van der Waals surface area contributed by atoms with E-state index in [-0.39, 0.29) is 17.9 Å². The number of amides is 1. The summed E-state index contributed by atoms with van der Waals surface area (Å²) in [5.41, 5.74) is 1.41. The summed E-state index contributed by atoms with van der Waals surface area (Å²) < 4.78 is 1.57. The van der Waals surface area contributed by atoms with E-state index in [2.05, 4.69) is 20.4 Å². The standard InChI is InChI=1S/C19H15N5O2/c25-17(12-14-11-13-5-1-2-6-15(13)23-19(14)26)22-16-7-3-8-20-18(16)24-10-4-9-21-24/h1-11H,12H2,(H,22,25)(H,23,26). The third-order valence-corrected chi connectivity index (χ3v) is 3.96. The smallest absolute Gasteiger partial charge is 0.252 e. The van der Waals surface area contributed by atoms with Gasteiger partial charge in [0, 0.05) is 29.7 Å². The fourth-order valence-corrected chi connectivity index (χ4v) is 2.76. The van der Waals surface area contributed by atoms with Crippen molar-refractivity contribution < 1.29 is 4.79 Å². The van der Waals surface area contributed by atoms with E-state index in [0.29, 0.717) is 17.1 Å². The van der Waals surface area contributed by atoms with Crippen molar-refractivity contribution >= 4 is 22.5 Å². The van der Waals surface area contributed by atoms with Gasteiger partial charge in [-0.1, -0.05) is 18.2 Å². The SMILES string of the molecule is O=C(Cc1cc2ccccc2[nH]c1=O)Nc1cccnc1-n1cccn1. The van der Waals surface area contributed by atoms with Gasteiger partial charge in [0.1, 0.15) is 0 Å². The first-order chi connectivity index (χ1) is 12.7. The van der Waals surface area contributed by atoms with Crippen molar-refractivity contribution in [3.8, 4) is 5.82 Å². The average molecular weight is 345 g/mol. The monoisotopic (exact) mass is 345 g/mol. The van der Waals surface area contributed by atoms with Crippen LogP contribution in [0.2, 0.25) is 0 Å². The summed E-state index contributed by atoms with van der Waals surface area (Å²) in [5, 5.41) is 7.82. The largest absolute Gasteiger partial charge is 0.323 e. The Balaban J connectivity index is 1.59. The lowest BCUT2D eigenvalue weighted by Gasteiger charge is -2.10. The zero-order chi connectivity index (χ0) is 17.9. The molecule has 0 saturated heterocycles. The molecule has 0 aliphatic rings. The van der Waals surface area contributed by atoms with E-state index in [1.165, 1.54) is 0 Å². The van der Waals surface area contributed by atoms with E-state index in [4.69, 9.17) is 0 Å². The number of hydrogen-bond acceptors (Lipinski definition) is 4. The van der Waals surface area contributed by atoms with Crippen LogP contribution in [0.1, 0.15) is 5.56 Å². The van der Waals surface area contributed by atoms with Gasteiger partial charge in [-0.2, -0.15) is 5.10 Å². The first-order valence-electron chi connectivity index (χ1n) is 8.06. The van der Waals surface area contributed by atoms with Crippen LogP contribution in [0.5, 0.6) is 0 Å². The number of nitrogens with zero attached hydrogens (tertiary/aromatic N) is 3. The molecule has 0 aliphatic carbocycles. The number of benzene rings is 1. The highest BCUT2D eigenvalue weighted by Gasteiger charge is 2.12. The lowest BCUT2D eigenvalue weighted by atomic mass is 10.1. The molecule has 0 fully saturated rings. The first-order valence-corrected chi connectivity index (χ1v) is 8.06. The Morgan fingerprint density at radius 2 is 2.00 bits per heavy atom. The quantitative estimate of drug-likeness (QED) is 0.593. The molecule has 128 valence electrons. The zero-order valence-electron chi connectivity index (χ0n) is 13.7. The average Bonchev–Trinajstić information content (AvgIpc) is 3.17. The lowest BCUT2D eigenvalue weighted by molar-refractivity contribution is -0.115. The van der Waals surface area contributed by atoms with Crippen LogP contribution < -0.4 is 10.9 Å². The molecule has 0 radical (unpaired) electrons. The van der Waals surface area contributed by atoms with Crippen molar-refractivity contribution in [2.45, 2.75) is 6.42 Å². The third-order valence-electron chi connectivity index (χ3n) is 3.96. The Hall–Kier alpha value is -3.74. The maximum absolute atomic E-state index is 12.5. The fourth-order valence-electron chi connectivity index (χ4n) is 2.76. The number of carbonyl (C=O) groups excluding carboxylic acids is 1. The van der Waals surface area contributed by atoms with Crippen LogP contribution >= 0.6 is 0 Å². The van der Waals surface area contributed by atoms with Crippen molar-refractivity contribution in [2.75, 3.05) is 5.32 Å². The third kappa shape index (κ3) is 3.10. The molecule has 0 spiro atoms. The van der Waals surface area contributed by atoms with Gasteiger partial charge in [-0.05, 0) is 35.7 Å². The number of pyridine rings is 2. The van der Waals surface area contributed by atoms with Gasteiger partial charge in [-0.15, -0.1) is 0 Å². The Labute approximate surface area is 148 Å². The number of H-pyrrole nitrogens is 1. The number of fused-ring (bicyclic) bond motifs is 1. The van der Waals surface area contributed by atoms with Gasteiger partial charge in [-0.25, -0.2) is 9.67 Å². The number of hydrogen-bond donors (Lipinski definition) is 2. The number of rotatable bonds is 4. The molecule has 4 aromatic rings. The highest BCUT2D eigenvalue weighted by molar-refractivity contribution is 5.94. The van der Waals surface area contributed by atoms with Crippen molar-refractivity contribution in [2.24, 2.45) is 0 Å². The summed E-state index contributed by atoms with van der Waals surface area (Å²) in [4.78, 5) is 31.7. The Morgan fingerprint density at radius 3 is 2.85 bits per heavy atom. The van der Waals surface area contributed by atoms with Gasteiger partial charge >= 0.3 is 0 Å². The molecule has 0 aliphatic heterocycles. The molecule has 0 bridgehead atoms.